The van der Waals surface area contributed by atoms with Crippen LogP contribution in [0.5, 0.6) is 0 Å². The average Bonchev–Trinajstić information content (AvgIpc) is 2.41. The average molecular weight is 309 g/mol. The summed E-state index contributed by atoms with van der Waals surface area (Å²) in [5.74, 6) is -1.54. The Kier molecular flexibility index (Phi) is 4.69. The minimum atomic E-state index is -0.884. The molecule has 0 spiro atoms. The Hall–Kier alpha value is -1.51. The van der Waals surface area contributed by atoms with Gasteiger partial charge in [-0.2, -0.15) is 0 Å². The maximum Gasteiger partial charge on any atom is 0.311 e. The molecule has 20 heavy (non-hydrogen) atoms. The van der Waals surface area contributed by atoms with Crippen molar-refractivity contribution in [3.63, 3.8) is 0 Å². The second-order valence-corrected chi connectivity index (χ2v) is 5.51. The number of carboxylic acids is 1. The first-order chi connectivity index (χ1) is 9.49. The molecule has 0 saturated heterocycles. The molecule has 104 valence electrons. The fraction of sp³-hybridized carbons (Fsp3) is 0.188. The zero-order valence-corrected chi connectivity index (χ0v) is 12.4. The number of halogens is 2. The Bertz CT molecular complexity index is 638. The van der Waals surface area contributed by atoms with Crippen LogP contribution in [0.2, 0.25) is 10.0 Å². The summed E-state index contributed by atoms with van der Waals surface area (Å²) >= 11 is 12.2. The second kappa shape index (κ2) is 6.29. The maximum atomic E-state index is 11.5. The molecular weight excluding hydrogens is 295 g/mol. The van der Waals surface area contributed by atoms with Gasteiger partial charge in [0.1, 0.15) is 0 Å². The van der Waals surface area contributed by atoms with Gasteiger partial charge in [0.15, 0.2) is 0 Å². The molecule has 0 aliphatic carbocycles. The van der Waals surface area contributed by atoms with E-state index in [0.717, 1.165) is 11.1 Å². The topological polar surface area (TPSA) is 37.3 Å². The van der Waals surface area contributed by atoms with Crippen LogP contribution >= 0.6 is 23.2 Å². The minimum absolute atomic E-state index is 0.342. The van der Waals surface area contributed by atoms with E-state index in [2.05, 4.69) is 0 Å². The van der Waals surface area contributed by atoms with Gasteiger partial charge < -0.3 is 5.11 Å². The number of aryl methyl sites for hydroxylation is 1. The maximum absolute atomic E-state index is 11.5. The van der Waals surface area contributed by atoms with Crippen molar-refractivity contribution >= 4 is 29.2 Å². The SMILES string of the molecule is Cc1ccc(C(Cc2ccccc2Cl)C(=O)O)cc1Cl. The first-order valence-corrected chi connectivity index (χ1v) is 6.97. The summed E-state index contributed by atoms with van der Waals surface area (Å²) in [6.07, 6.45) is 0.342. The summed E-state index contributed by atoms with van der Waals surface area (Å²) in [5, 5.41) is 10.6. The molecule has 0 saturated carbocycles. The molecule has 0 aromatic heterocycles. The monoisotopic (exact) mass is 308 g/mol. The van der Waals surface area contributed by atoms with Crippen LogP contribution in [-0.4, -0.2) is 11.1 Å². The fourth-order valence-corrected chi connectivity index (χ4v) is 2.46. The van der Waals surface area contributed by atoms with Crippen molar-refractivity contribution in [2.75, 3.05) is 0 Å². The van der Waals surface area contributed by atoms with Crippen molar-refractivity contribution in [2.45, 2.75) is 19.3 Å². The van der Waals surface area contributed by atoms with Crippen LogP contribution in [0.25, 0.3) is 0 Å². The van der Waals surface area contributed by atoms with Crippen LogP contribution in [0.1, 0.15) is 22.6 Å². The lowest BCUT2D eigenvalue weighted by Gasteiger charge is -2.15. The van der Waals surface area contributed by atoms with Gasteiger partial charge in [0.2, 0.25) is 0 Å². The van der Waals surface area contributed by atoms with Gasteiger partial charge in [-0.05, 0) is 42.2 Å². The van der Waals surface area contributed by atoms with Crippen molar-refractivity contribution < 1.29 is 9.90 Å². The van der Waals surface area contributed by atoms with E-state index >= 15 is 0 Å². The Morgan fingerprint density at radius 1 is 1.15 bits per heavy atom. The van der Waals surface area contributed by atoms with E-state index in [1.165, 1.54) is 0 Å². The third-order valence-corrected chi connectivity index (χ3v) is 4.05. The van der Waals surface area contributed by atoms with Crippen molar-refractivity contribution in [3.8, 4) is 0 Å². The lowest BCUT2D eigenvalue weighted by molar-refractivity contribution is -0.138. The molecule has 0 amide bonds. The zero-order valence-electron chi connectivity index (χ0n) is 10.9. The highest BCUT2D eigenvalue weighted by molar-refractivity contribution is 6.31. The van der Waals surface area contributed by atoms with Crippen LogP contribution in [-0.2, 0) is 11.2 Å². The molecule has 2 nitrogen and oxygen atoms in total. The Labute approximate surface area is 128 Å². The molecule has 1 unspecified atom stereocenters. The molecule has 2 aromatic carbocycles. The highest BCUT2D eigenvalue weighted by Crippen LogP contribution is 2.28. The van der Waals surface area contributed by atoms with E-state index in [0.29, 0.717) is 22.0 Å². The summed E-state index contributed by atoms with van der Waals surface area (Å²) in [7, 11) is 0. The van der Waals surface area contributed by atoms with E-state index in [1.54, 1.807) is 18.2 Å². The smallest absolute Gasteiger partial charge is 0.311 e. The Morgan fingerprint density at radius 2 is 1.85 bits per heavy atom. The van der Waals surface area contributed by atoms with Gasteiger partial charge in [0.25, 0.3) is 0 Å². The van der Waals surface area contributed by atoms with Gasteiger partial charge in [-0.25, -0.2) is 0 Å². The lowest BCUT2D eigenvalue weighted by atomic mass is 9.91. The van der Waals surface area contributed by atoms with Gasteiger partial charge in [0.05, 0.1) is 5.92 Å². The van der Waals surface area contributed by atoms with Crippen LogP contribution in [0.3, 0.4) is 0 Å². The summed E-state index contributed by atoms with van der Waals surface area (Å²) in [5.41, 5.74) is 2.43. The predicted molar refractivity (Wildman–Crippen MR) is 81.7 cm³/mol. The summed E-state index contributed by atoms with van der Waals surface area (Å²) < 4.78 is 0. The molecule has 0 bridgehead atoms. The minimum Gasteiger partial charge on any atom is -0.481 e. The molecule has 2 aromatic rings. The van der Waals surface area contributed by atoms with Gasteiger partial charge in [-0.3, -0.25) is 4.79 Å². The standard InChI is InChI=1S/C16H14Cl2O2/c1-10-6-7-11(9-15(10)18)13(16(19)20)8-12-4-2-3-5-14(12)17/h2-7,9,13H,8H2,1H3,(H,19,20). The number of hydrogen-bond acceptors (Lipinski definition) is 1. The van der Waals surface area contributed by atoms with Crippen LogP contribution in [0.4, 0.5) is 0 Å². The Morgan fingerprint density at radius 3 is 2.45 bits per heavy atom. The summed E-state index contributed by atoms with van der Waals surface area (Å²) in [6, 6.07) is 12.6. The molecule has 0 heterocycles. The van der Waals surface area contributed by atoms with Crippen molar-refractivity contribution in [3.05, 3.63) is 69.2 Å². The molecule has 0 fully saturated rings. The number of rotatable bonds is 4. The van der Waals surface area contributed by atoms with Crippen LogP contribution in [0, 0.1) is 6.92 Å². The van der Waals surface area contributed by atoms with E-state index in [4.69, 9.17) is 23.2 Å². The third-order valence-electron chi connectivity index (χ3n) is 3.28. The number of carboxylic acid groups (broad SMARTS) is 1. The van der Waals surface area contributed by atoms with Crippen LogP contribution < -0.4 is 0 Å². The fourth-order valence-electron chi connectivity index (χ4n) is 2.06. The summed E-state index contributed by atoms with van der Waals surface area (Å²) in [4.78, 5) is 11.5. The zero-order chi connectivity index (χ0) is 14.7. The second-order valence-electron chi connectivity index (χ2n) is 4.69. The van der Waals surface area contributed by atoms with E-state index in [9.17, 15) is 9.90 Å². The molecule has 0 aliphatic rings. The number of benzene rings is 2. The first-order valence-electron chi connectivity index (χ1n) is 6.21. The van der Waals surface area contributed by atoms with Gasteiger partial charge in [0, 0.05) is 10.0 Å². The normalized spacial score (nSPS) is 12.2. The number of aliphatic carboxylic acids is 1. The third kappa shape index (κ3) is 3.33. The van der Waals surface area contributed by atoms with Gasteiger partial charge in [-0.1, -0.05) is 53.5 Å². The van der Waals surface area contributed by atoms with Gasteiger partial charge in [-0.15, -0.1) is 0 Å². The van der Waals surface area contributed by atoms with E-state index in [-0.39, 0.29) is 0 Å². The highest BCUT2D eigenvalue weighted by Gasteiger charge is 2.21. The number of hydrogen-bond donors (Lipinski definition) is 1. The van der Waals surface area contributed by atoms with E-state index in [1.807, 2.05) is 31.2 Å². The highest BCUT2D eigenvalue weighted by atomic mass is 35.5. The van der Waals surface area contributed by atoms with Crippen molar-refractivity contribution in [2.24, 2.45) is 0 Å². The molecule has 1 atom stereocenters. The quantitative estimate of drug-likeness (QED) is 0.888. The molecular formula is C16H14Cl2O2. The summed E-state index contributed by atoms with van der Waals surface area (Å²) in [6.45, 7) is 1.88. The number of carbonyl (C=O) groups is 1. The Balaban J connectivity index is 2.34. The predicted octanol–water partition coefficient (Wildman–Crippen LogP) is 4.71. The molecule has 0 radical (unpaired) electrons. The molecule has 0 aliphatic heterocycles. The molecule has 1 N–H and O–H groups in total. The van der Waals surface area contributed by atoms with E-state index < -0.39 is 11.9 Å². The molecule has 4 heteroatoms. The van der Waals surface area contributed by atoms with Gasteiger partial charge >= 0.3 is 5.97 Å². The lowest BCUT2D eigenvalue weighted by Crippen LogP contribution is -2.14. The van der Waals surface area contributed by atoms with Crippen LogP contribution in [0.15, 0.2) is 42.5 Å². The first kappa shape index (κ1) is 14.9. The van der Waals surface area contributed by atoms with Crippen molar-refractivity contribution in [1.82, 2.24) is 0 Å². The van der Waals surface area contributed by atoms with Crippen molar-refractivity contribution in [1.29, 1.82) is 0 Å². The molecule has 2 rings (SSSR count). The largest absolute Gasteiger partial charge is 0.481 e.